The fraction of sp³-hybridized carbons (Fsp3) is 0.870. The topological polar surface area (TPSA) is 13.0 Å². The van der Waals surface area contributed by atoms with Crippen LogP contribution in [0.1, 0.15) is 194 Å². The quantitative estimate of drug-likeness (QED) is 0.0484. The molecule has 1 aromatic rings. The van der Waals surface area contributed by atoms with Crippen molar-refractivity contribution in [2.24, 2.45) is 0 Å². The fourth-order valence-electron chi connectivity index (χ4n) is 7.65. The van der Waals surface area contributed by atoms with Gasteiger partial charge in [-0.25, -0.2) is 17.2 Å². The molecule has 2 fully saturated rings. The zero-order valence-corrected chi connectivity index (χ0v) is 38.9. The molecule has 0 saturated carbocycles. The molecule has 2 saturated heterocycles. The van der Waals surface area contributed by atoms with Gasteiger partial charge in [0.05, 0.1) is 0 Å². The number of rotatable bonds is 36. The number of nitrogens with zero attached hydrogens (tertiary/aromatic N) is 4. The van der Waals surface area contributed by atoms with Crippen LogP contribution in [-0.4, -0.2) is 81.1 Å². The number of benzene rings is 1. The molecular formula is C46H86N4S4. The molecule has 1 aromatic carbocycles. The van der Waals surface area contributed by atoms with E-state index in [1.807, 2.05) is 23.9 Å². The normalized spacial score (nSPS) is 16.5. The highest BCUT2D eigenvalue weighted by atomic mass is 32.2. The second-order valence-corrected chi connectivity index (χ2v) is 20.9. The van der Waals surface area contributed by atoms with E-state index in [9.17, 15) is 0 Å². The Morgan fingerprint density at radius 2 is 0.611 bits per heavy atom. The number of unbranched alkanes of at least 4 members (excludes halogenated alkanes) is 26. The van der Waals surface area contributed by atoms with Crippen molar-refractivity contribution >= 4 is 47.8 Å². The van der Waals surface area contributed by atoms with Crippen molar-refractivity contribution in [3.8, 4) is 0 Å². The summed E-state index contributed by atoms with van der Waals surface area (Å²) in [5.74, 6) is 2.60. The lowest BCUT2D eigenvalue weighted by Crippen LogP contribution is -2.40. The Kier molecular flexibility index (Phi) is 32.0. The third-order valence-corrected chi connectivity index (χ3v) is 15.8. The molecule has 0 aromatic heterocycles. The van der Waals surface area contributed by atoms with Crippen molar-refractivity contribution < 1.29 is 0 Å². The van der Waals surface area contributed by atoms with Gasteiger partial charge in [0.1, 0.15) is 0 Å². The second-order valence-electron chi connectivity index (χ2n) is 16.2. The molecule has 0 aliphatic carbocycles. The summed E-state index contributed by atoms with van der Waals surface area (Å²) in [4.78, 5) is 2.79. The van der Waals surface area contributed by atoms with Crippen LogP contribution >= 0.6 is 47.8 Å². The molecule has 0 spiro atoms. The molecule has 0 atom stereocenters. The summed E-state index contributed by atoms with van der Waals surface area (Å²) in [5, 5.41) is 0. The van der Waals surface area contributed by atoms with Gasteiger partial charge in [0.15, 0.2) is 0 Å². The summed E-state index contributed by atoms with van der Waals surface area (Å²) in [6.45, 7) is 14.0. The van der Waals surface area contributed by atoms with Gasteiger partial charge in [0, 0.05) is 73.7 Å². The first kappa shape index (κ1) is 48.8. The van der Waals surface area contributed by atoms with Crippen LogP contribution in [0, 0.1) is 0 Å². The van der Waals surface area contributed by atoms with E-state index < -0.39 is 0 Å². The maximum absolute atomic E-state index is 2.63. The van der Waals surface area contributed by atoms with Crippen molar-refractivity contribution in [2.45, 2.75) is 203 Å². The Bertz CT molecular complexity index is 883. The lowest BCUT2D eigenvalue weighted by Gasteiger charge is -2.33. The number of piperazine rings is 2. The van der Waals surface area contributed by atoms with Gasteiger partial charge >= 0.3 is 0 Å². The van der Waals surface area contributed by atoms with E-state index in [0.717, 1.165) is 26.2 Å². The van der Waals surface area contributed by atoms with Crippen molar-refractivity contribution in [3.05, 3.63) is 24.3 Å². The van der Waals surface area contributed by atoms with Crippen molar-refractivity contribution in [3.63, 3.8) is 0 Å². The highest BCUT2D eigenvalue weighted by Crippen LogP contribution is 2.32. The summed E-state index contributed by atoms with van der Waals surface area (Å²) < 4.78 is 10.4. The molecule has 0 N–H and O–H groups in total. The van der Waals surface area contributed by atoms with Crippen LogP contribution < -0.4 is 0 Å². The number of hydrogen-bond donors (Lipinski definition) is 0. The lowest BCUT2D eigenvalue weighted by atomic mass is 10.0. The van der Waals surface area contributed by atoms with E-state index in [2.05, 4.69) is 79.2 Å². The van der Waals surface area contributed by atoms with Crippen molar-refractivity contribution in [2.75, 3.05) is 63.9 Å². The van der Waals surface area contributed by atoms with E-state index in [1.54, 1.807) is 0 Å². The van der Waals surface area contributed by atoms with Gasteiger partial charge in [-0.05, 0) is 54.9 Å². The first-order valence-corrected chi connectivity index (χ1v) is 26.9. The third kappa shape index (κ3) is 26.5. The van der Waals surface area contributed by atoms with E-state index >= 15 is 0 Å². The SMILES string of the molecule is CCCCCCCCCCCCCCCCSN1CCN(Sc2cccc(SN3CCN(SCCCCCCCCCCCCCCCC)CC3)c2)CC1. The van der Waals surface area contributed by atoms with Crippen LogP contribution in [-0.2, 0) is 0 Å². The largest absolute Gasteiger partial charge is 0.248 e. The predicted molar refractivity (Wildman–Crippen MR) is 250 cm³/mol. The molecule has 8 heteroatoms. The van der Waals surface area contributed by atoms with Crippen LogP contribution in [0.15, 0.2) is 34.1 Å². The Morgan fingerprint density at radius 3 is 0.907 bits per heavy atom. The average molecular weight is 823 g/mol. The third-order valence-electron chi connectivity index (χ3n) is 11.2. The molecule has 2 aliphatic rings. The van der Waals surface area contributed by atoms with E-state index in [4.69, 9.17) is 0 Å². The molecule has 0 unspecified atom stereocenters. The van der Waals surface area contributed by atoms with Gasteiger partial charge in [-0.1, -0.05) is 211 Å². The molecule has 0 bridgehead atoms. The first-order chi connectivity index (χ1) is 26.8. The minimum absolute atomic E-state index is 1.16. The zero-order valence-electron chi connectivity index (χ0n) is 35.6. The molecule has 3 rings (SSSR count). The Hall–Kier alpha value is 0.460. The average Bonchev–Trinajstić information content (AvgIpc) is 3.19. The number of hydrogen-bond acceptors (Lipinski definition) is 8. The van der Waals surface area contributed by atoms with Gasteiger partial charge in [0.2, 0.25) is 0 Å². The van der Waals surface area contributed by atoms with E-state index in [1.165, 1.54) is 227 Å². The van der Waals surface area contributed by atoms with Crippen molar-refractivity contribution in [1.29, 1.82) is 0 Å². The second kappa shape index (κ2) is 35.4. The van der Waals surface area contributed by atoms with Gasteiger partial charge < -0.3 is 0 Å². The highest BCUT2D eigenvalue weighted by molar-refractivity contribution is 7.98. The summed E-state index contributed by atoms with van der Waals surface area (Å²) in [6, 6.07) is 9.28. The predicted octanol–water partition coefficient (Wildman–Crippen LogP) is 15.2. The summed E-state index contributed by atoms with van der Waals surface area (Å²) in [7, 11) is 0. The maximum Gasteiger partial charge on any atom is 0.0241 e. The molecule has 314 valence electrons. The van der Waals surface area contributed by atoms with Gasteiger partial charge in [-0.2, -0.15) is 0 Å². The van der Waals surface area contributed by atoms with E-state index in [-0.39, 0.29) is 0 Å². The minimum Gasteiger partial charge on any atom is -0.248 e. The molecule has 54 heavy (non-hydrogen) atoms. The minimum atomic E-state index is 1.16. The summed E-state index contributed by atoms with van der Waals surface area (Å²) >= 11 is 8.16. The van der Waals surface area contributed by atoms with Crippen molar-refractivity contribution in [1.82, 2.24) is 17.2 Å². The molecule has 0 amide bonds. The summed E-state index contributed by atoms with van der Waals surface area (Å²) in [5.41, 5.74) is 0. The Balaban J connectivity index is 1.10. The molecule has 0 radical (unpaired) electrons. The highest BCUT2D eigenvalue weighted by Gasteiger charge is 2.20. The molecular weight excluding hydrogens is 737 g/mol. The smallest absolute Gasteiger partial charge is 0.0241 e. The zero-order chi connectivity index (χ0) is 38.0. The summed E-state index contributed by atoms with van der Waals surface area (Å²) in [6.07, 6.45) is 40.4. The van der Waals surface area contributed by atoms with Gasteiger partial charge in [-0.3, -0.25) is 0 Å². The molecule has 2 heterocycles. The van der Waals surface area contributed by atoms with Crippen LogP contribution in [0.2, 0.25) is 0 Å². The lowest BCUT2D eigenvalue weighted by molar-refractivity contribution is 0.308. The Morgan fingerprint density at radius 1 is 0.352 bits per heavy atom. The Labute approximate surface area is 354 Å². The van der Waals surface area contributed by atoms with Crippen LogP contribution in [0.25, 0.3) is 0 Å². The van der Waals surface area contributed by atoms with Gasteiger partial charge in [-0.15, -0.1) is 0 Å². The van der Waals surface area contributed by atoms with Crippen LogP contribution in [0.4, 0.5) is 0 Å². The van der Waals surface area contributed by atoms with Gasteiger partial charge in [0.25, 0.3) is 0 Å². The molecule has 4 nitrogen and oxygen atoms in total. The first-order valence-electron chi connectivity index (χ1n) is 23.5. The standard InChI is InChI=1S/C46H86N4S4/c1-3-5-7-9-11-13-15-17-19-21-23-25-27-29-42-51-47-34-38-49(39-35-47)53-45-32-31-33-46(44-45)54-50-40-36-48(37-41-50)52-43-30-28-26-24-22-20-18-16-14-12-10-8-6-4-2/h31-33,44H,3-30,34-43H2,1-2H3. The molecule has 2 aliphatic heterocycles. The maximum atomic E-state index is 2.63. The monoisotopic (exact) mass is 823 g/mol. The van der Waals surface area contributed by atoms with E-state index in [0.29, 0.717) is 0 Å². The van der Waals surface area contributed by atoms with Crippen LogP contribution in [0.3, 0.4) is 0 Å². The fourth-order valence-corrected chi connectivity index (χ4v) is 11.7. The van der Waals surface area contributed by atoms with Crippen LogP contribution in [0.5, 0.6) is 0 Å².